The molecule has 5 nitrogen and oxygen atoms in total. The molecule has 0 unspecified atom stereocenters. The van der Waals surface area contributed by atoms with E-state index < -0.39 is 0 Å². The minimum Gasteiger partial charge on any atom is -0.324 e. The number of hydrogen-bond acceptors (Lipinski definition) is 3. The molecule has 0 radical (unpaired) electrons. The summed E-state index contributed by atoms with van der Waals surface area (Å²) in [4.78, 5) is 29.3. The van der Waals surface area contributed by atoms with Crippen LogP contribution in [0.15, 0.2) is 51.7 Å². The second-order valence-corrected chi connectivity index (χ2v) is 6.43. The first-order valence-corrected chi connectivity index (χ1v) is 8.27. The van der Waals surface area contributed by atoms with Gasteiger partial charge in [0.25, 0.3) is 5.56 Å². The van der Waals surface area contributed by atoms with Gasteiger partial charge in [0.2, 0.25) is 5.91 Å². The van der Waals surface area contributed by atoms with Gasteiger partial charge in [-0.15, -0.1) is 0 Å². The molecule has 1 amide bonds. The Bertz CT molecular complexity index is 995. The lowest BCUT2D eigenvalue weighted by Gasteiger charge is -2.11. The Hall–Kier alpha value is -2.47. The SMILES string of the molecule is Cc1ccc(NC(=O)Cn2c(C)nc3ccccc3c2=O)cc1Br. The minimum absolute atomic E-state index is 0.0754. The Balaban J connectivity index is 1.87. The van der Waals surface area contributed by atoms with Crippen LogP contribution in [0.4, 0.5) is 5.69 Å². The van der Waals surface area contributed by atoms with Crippen LogP contribution in [0.25, 0.3) is 10.9 Å². The molecule has 0 aliphatic carbocycles. The highest BCUT2D eigenvalue weighted by molar-refractivity contribution is 9.10. The fraction of sp³-hybridized carbons (Fsp3) is 0.167. The van der Waals surface area contributed by atoms with Crippen LogP contribution in [0.5, 0.6) is 0 Å². The van der Waals surface area contributed by atoms with Crippen molar-refractivity contribution in [2.75, 3.05) is 5.32 Å². The molecule has 1 aromatic heterocycles. The van der Waals surface area contributed by atoms with Crippen molar-refractivity contribution in [3.63, 3.8) is 0 Å². The quantitative estimate of drug-likeness (QED) is 0.751. The van der Waals surface area contributed by atoms with Gasteiger partial charge >= 0.3 is 0 Å². The molecular formula is C18H16BrN3O2. The van der Waals surface area contributed by atoms with E-state index in [0.717, 1.165) is 10.0 Å². The van der Waals surface area contributed by atoms with Crippen molar-refractivity contribution in [2.45, 2.75) is 20.4 Å². The average molecular weight is 386 g/mol. The lowest BCUT2D eigenvalue weighted by atomic mass is 10.2. The number of nitrogens with zero attached hydrogens (tertiary/aromatic N) is 2. The van der Waals surface area contributed by atoms with Crippen molar-refractivity contribution in [3.8, 4) is 0 Å². The van der Waals surface area contributed by atoms with E-state index in [-0.39, 0.29) is 18.0 Å². The molecule has 2 aromatic carbocycles. The summed E-state index contributed by atoms with van der Waals surface area (Å²) in [5.74, 6) is 0.243. The number of rotatable bonds is 3. The van der Waals surface area contributed by atoms with Gasteiger partial charge in [0, 0.05) is 10.2 Å². The van der Waals surface area contributed by atoms with Crippen LogP contribution in [-0.2, 0) is 11.3 Å². The Morgan fingerprint density at radius 3 is 2.71 bits per heavy atom. The number of hydrogen-bond donors (Lipinski definition) is 1. The average Bonchev–Trinajstić information content (AvgIpc) is 2.55. The lowest BCUT2D eigenvalue weighted by molar-refractivity contribution is -0.116. The molecule has 0 aliphatic heterocycles. The molecule has 0 atom stereocenters. The third kappa shape index (κ3) is 3.23. The van der Waals surface area contributed by atoms with Crippen molar-refractivity contribution < 1.29 is 4.79 Å². The number of nitrogens with one attached hydrogen (secondary N) is 1. The Morgan fingerprint density at radius 2 is 1.96 bits per heavy atom. The van der Waals surface area contributed by atoms with Crippen molar-refractivity contribution in [1.29, 1.82) is 0 Å². The molecule has 3 aromatic rings. The van der Waals surface area contributed by atoms with Gasteiger partial charge in [-0.2, -0.15) is 0 Å². The maximum absolute atomic E-state index is 12.6. The third-order valence-corrected chi connectivity index (χ3v) is 4.66. The number of para-hydroxylation sites is 1. The van der Waals surface area contributed by atoms with E-state index in [1.807, 2.05) is 31.2 Å². The van der Waals surface area contributed by atoms with Gasteiger partial charge in [0.15, 0.2) is 0 Å². The monoisotopic (exact) mass is 385 g/mol. The van der Waals surface area contributed by atoms with Crippen LogP contribution in [0.3, 0.4) is 0 Å². The predicted molar refractivity (Wildman–Crippen MR) is 98.2 cm³/mol. The summed E-state index contributed by atoms with van der Waals surface area (Å²) in [7, 11) is 0. The maximum Gasteiger partial charge on any atom is 0.261 e. The molecule has 0 fully saturated rings. The number of fused-ring (bicyclic) bond motifs is 1. The second kappa shape index (κ2) is 6.57. The largest absolute Gasteiger partial charge is 0.324 e. The van der Waals surface area contributed by atoms with Gasteiger partial charge in [-0.25, -0.2) is 4.98 Å². The first-order valence-electron chi connectivity index (χ1n) is 7.48. The molecule has 122 valence electrons. The van der Waals surface area contributed by atoms with Gasteiger partial charge in [-0.3, -0.25) is 14.2 Å². The smallest absolute Gasteiger partial charge is 0.261 e. The van der Waals surface area contributed by atoms with Gasteiger partial charge in [-0.05, 0) is 43.7 Å². The zero-order valence-electron chi connectivity index (χ0n) is 13.3. The predicted octanol–water partition coefficient (Wildman–Crippen LogP) is 3.41. The summed E-state index contributed by atoms with van der Waals surface area (Å²) < 4.78 is 2.31. The third-order valence-electron chi connectivity index (χ3n) is 3.81. The van der Waals surface area contributed by atoms with Crippen molar-refractivity contribution in [3.05, 3.63) is 68.7 Å². The molecule has 6 heteroatoms. The van der Waals surface area contributed by atoms with E-state index in [1.54, 1.807) is 25.1 Å². The van der Waals surface area contributed by atoms with E-state index in [0.29, 0.717) is 22.4 Å². The van der Waals surface area contributed by atoms with Crippen LogP contribution < -0.4 is 10.9 Å². The number of halogens is 1. The Labute approximate surface area is 147 Å². The highest BCUT2D eigenvalue weighted by atomic mass is 79.9. The number of benzene rings is 2. The summed E-state index contributed by atoms with van der Waals surface area (Å²) in [5, 5.41) is 3.31. The van der Waals surface area contributed by atoms with E-state index in [2.05, 4.69) is 26.2 Å². The molecule has 0 bridgehead atoms. The van der Waals surface area contributed by atoms with Gasteiger partial charge in [-0.1, -0.05) is 34.1 Å². The standard InChI is InChI=1S/C18H16BrN3O2/c1-11-7-8-13(9-15(11)19)21-17(23)10-22-12(2)20-16-6-4-3-5-14(16)18(22)24/h3-9H,10H2,1-2H3,(H,21,23). The number of aryl methyl sites for hydroxylation is 2. The number of carbonyl (C=O) groups is 1. The van der Waals surface area contributed by atoms with Gasteiger partial charge < -0.3 is 5.32 Å². The number of aromatic nitrogens is 2. The molecule has 0 aliphatic rings. The van der Waals surface area contributed by atoms with E-state index in [4.69, 9.17) is 0 Å². The van der Waals surface area contributed by atoms with E-state index in [1.165, 1.54) is 4.57 Å². The fourth-order valence-electron chi connectivity index (χ4n) is 2.48. The molecule has 24 heavy (non-hydrogen) atoms. The molecule has 1 N–H and O–H groups in total. The van der Waals surface area contributed by atoms with Crippen molar-refractivity contribution in [2.24, 2.45) is 0 Å². The normalized spacial score (nSPS) is 10.8. The number of amides is 1. The zero-order valence-corrected chi connectivity index (χ0v) is 14.9. The summed E-state index contributed by atoms with van der Waals surface area (Å²) in [6, 6.07) is 12.7. The van der Waals surface area contributed by atoms with Gasteiger partial charge in [0.05, 0.1) is 10.9 Å². The van der Waals surface area contributed by atoms with E-state index in [9.17, 15) is 9.59 Å². The number of carbonyl (C=O) groups excluding carboxylic acids is 1. The van der Waals surface area contributed by atoms with Gasteiger partial charge in [0.1, 0.15) is 12.4 Å². The highest BCUT2D eigenvalue weighted by Gasteiger charge is 2.11. The summed E-state index contributed by atoms with van der Waals surface area (Å²) >= 11 is 3.44. The minimum atomic E-state index is -0.270. The molecule has 0 saturated carbocycles. The van der Waals surface area contributed by atoms with Crippen molar-refractivity contribution >= 4 is 38.4 Å². The van der Waals surface area contributed by atoms with Crippen LogP contribution in [-0.4, -0.2) is 15.5 Å². The molecule has 3 rings (SSSR count). The Kier molecular flexibility index (Phi) is 4.49. The molecule has 0 saturated heterocycles. The van der Waals surface area contributed by atoms with Crippen LogP contribution >= 0.6 is 15.9 Å². The molecule has 1 heterocycles. The fourth-order valence-corrected chi connectivity index (χ4v) is 2.86. The maximum atomic E-state index is 12.6. The summed E-state index contributed by atoms with van der Waals surface area (Å²) in [5.41, 5.74) is 2.19. The van der Waals surface area contributed by atoms with Crippen molar-refractivity contribution in [1.82, 2.24) is 9.55 Å². The molecular weight excluding hydrogens is 370 g/mol. The lowest BCUT2D eigenvalue weighted by Crippen LogP contribution is -2.30. The Morgan fingerprint density at radius 1 is 1.21 bits per heavy atom. The molecule has 0 spiro atoms. The second-order valence-electron chi connectivity index (χ2n) is 5.58. The number of anilines is 1. The van der Waals surface area contributed by atoms with Crippen LogP contribution in [0, 0.1) is 13.8 Å². The first-order chi connectivity index (χ1) is 11.5. The van der Waals surface area contributed by atoms with Crippen LogP contribution in [0.1, 0.15) is 11.4 Å². The van der Waals surface area contributed by atoms with Crippen LogP contribution in [0.2, 0.25) is 0 Å². The summed E-state index contributed by atoms with van der Waals surface area (Å²) in [6.45, 7) is 3.62. The topological polar surface area (TPSA) is 64.0 Å². The zero-order chi connectivity index (χ0) is 17.3. The summed E-state index contributed by atoms with van der Waals surface area (Å²) in [6.07, 6.45) is 0. The van der Waals surface area contributed by atoms with E-state index >= 15 is 0 Å². The first kappa shape index (κ1) is 16.4. The highest BCUT2D eigenvalue weighted by Crippen LogP contribution is 2.20.